The molecular formula is C62H38N6OS. The summed E-state index contributed by atoms with van der Waals surface area (Å²) in [6.45, 7) is 0. The van der Waals surface area contributed by atoms with Crippen LogP contribution in [0.25, 0.3) is 67.9 Å². The third kappa shape index (κ3) is 6.20. The van der Waals surface area contributed by atoms with Crippen LogP contribution in [0.1, 0.15) is 22.3 Å². The normalized spacial score (nSPS) is 14.7. The highest BCUT2D eigenvalue weighted by atomic mass is 32.2. The zero-order valence-electron chi connectivity index (χ0n) is 37.4. The number of pyridine rings is 2. The lowest BCUT2D eigenvalue weighted by molar-refractivity contribution is 0.426. The second-order valence-electron chi connectivity index (χ2n) is 17.5. The molecule has 0 saturated heterocycles. The standard InChI is InChI=1S/C62H38N6OS/c1-4-18-39(19-5-1)42-24-16-25-43(38-42)68-51-30-13-15-32-54(51)70-58-52(68)36-34-49-57(58)69-53-31-14-12-28-46(53)62(49)47-29-17-37-63-55(47)56-48(62)33-35-50(64-56)44-26-10-11-27-45(44)61-66-59(40-20-6-2-7-21-40)65-60(67-61)41-22-8-3-9-23-41/h1-38H. The Bertz CT molecular complexity index is 3810. The minimum atomic E-state index is -0.790. The molecule has 70 heavy (non-hydrogen) atoms. The lowest BCUT2D eigenvalue weighted by Crippen LogP contribution is -2.33. The highest BCUT2D eigenvalue weighted by molar-refractivity contribution is 7.99. The number of anilines is 3. The van der Waals surface area contributed by atoms with E-state index in [1.54, 1.807) is 11.8 Å². The van der Waals surface area contributed by atoms with Crippen LogP contribution in [0.15, 0.2) is 240 Å². The van der Waals surface area contributed by atoms with E-state index in [9.17, 15) is 0 Å². The topological polar surface area (TPSA) is 76.9 Å². The van der Waals surface area contributed by atoms with Gasteiger partial charge in [-0.25, -0.2) is 19.9 Å². The van der Waals surface area contributed by atoms with Crippen LogP contribution in [0.2, 0.25) is 0 Å². The number of fused-ring (bicyclic) bond motifs is 12. The fourth-order valence-corrected chi connectivity index (χ4v) is 11.7. The van der Waals surface area contributed by atoms with E-state index in [0.29, 0.717) is 17.5 Å². The van der Waals surface area contributed by atoms with Crippen molar-refractivity contribution in [2.75, 3.05) is 4.90 Å². The molecule has 11 aromatic rings. The van der Waals surface area contributed by atoms with Gasteiger partial charge in [0.15, 0.2) is 17.5 Å². The molecule has 0 N–H and O–H groups in total. The third-order valence-corrected chi connectivity index (χ3v) is 14.8. The smallest absolute Gasteiger partial charge is 0.164 e. The minimum Gasteiger partial charge on any atom is -0.455 e. The lowest BCUT2D eigenvalue weighted by Gasteiger charge is -2.41. The van der Waals surface area contributed by atoms with Gasteiger partial charge in [0, 0.05) is 50.2 Å². The second kappa shape index (κ2) is 16.1. The van der Waals surface area contributed by atoms with Crippen molar-refractivity contribution in [1.82, 2.24) is 24.9 Å². The number of ether oxygens (including phenoxy) is 1. The van der Waals surface area contributed by atoms with Crippen molar-refractivity contribution in [1.29, 1.82) is 0 Å². The average Bonchev–Trinajstić information content (AvgIpc) is 3.72. The average molecular weight is 915 g/mol. The fraction of sp³-hybridized carbons (Fsp3) is 0.0161. The van der Waals surface area contributed by atoms with E-state index in [4.69, 9.17) is 29.7 Å². The van der Waals surface area contributed by atoms with E-state index < -0.39 is 5.41 Å². The molecular weight excluding hydrogens is 877 g/mol. The summed E-state index contributed by atoms with van der Waals surface area (Å²) >= 11 is 1.76. The van der Waals surface area contributed by atoms with Crippen LogP contribution in [-0.4, -0.2) is 24.9 Å². The molecule has 0 amide bonds. The maximum absolute atomic E-state index is 7.22. The largest absolute Gasteiger partial charge is 0.455 e. The van der Waals surface area contributed by atoms with Gasteiger partial charge in [-0.15, -0.1) is 0 Å². The van der Waals surface area contributed by atoms with E-state index >= 15 is 0 Å². The summed E-state index contributed by atoms with van der Waals surface area (Å²) < 4.78 is 7.22. The first-order chi connectivity index (χ1) is 34.7. The summed E-state index contributed by atoms with van der Waals surface area (Å²) in [5.41, 5.74) is 15.0. The van der Waals surface area contributed by atoms with E-state index in [0.717, 1.165) is 106 Å². The Morgan fingerprint density at radius 1 is 0.414 bits per heavy atom. The van der Waals surface area contributed by atoms with E-state index in [1.165, 1.54) is 5.56 Å². The van der Waals surface area contributed by atoms with E-state index in [-0.39, 0.29) is 0 Å². The van der Waals surface area contributed by atoms with Crippen LogP contribution < -0.4 is 9.64 Å². The van der Waals surface area contributed by atoms with Crippen molar-refractivity contribution in [2.24, 2.45) is 0 Å². The molecule has 5 heterocycles. The predicted molar refractivity (Wildman–Crippen MR) is 279 cm³/mol. The second-order valence-corrected chi connectivity index (χ2v) is 18.6. The Kier molecular flexibility index (Phi) is 9.22. The molecule has 3 aliphatic rings. The summed E-state index contributed by atoms with van der Waals surface area (Å²) in [6.07, 6.45) is 1.87. The number of benzene rings is 8. The molecule has 1 aliphatic carbocycles. The number of aromatic nitrogens is 5. The molecule has 328 valence electrons. The number of nitrogens with zero attached hydrogens (tertiary/aromatic N) is 6. The molecule has 0 bridgehead atoms. The van der Waals surface area contributed by atoms with Crippen molar-refractivity contribution in [2.45, 2.75) is 15.2 Å². The molecule has 0 fully saturated rings. The Labute approximate surface area is 408 Å². The van der Waals surface area contributed by atoms with Crippen molar-refractivity contribution < 1.29 is 4.74 Å². The fourth-order valence-electron chi connectivity index (χ4n) is 10.6. The first-order valence-electron chi connectivity index (χ1n) is 23.3. The molecule has 2 aliphatic heterocycles. The van der Waals surface area contributed by atoms with Crippen LogP contribution in [0.5, 0.6) is 11.5 Å². The molecule has 1 atom stereocenters. The summed E-state index contributed by atoms with van der Waals surface area (Å²) in [7, 11) is 0. The molecule has 8 heteroatoms. The van der Waals surface area contributed by atoms with Gasteiger partial charge in [0.05, 0.1) is 38.8 Å². The van der Waals surface area contributed by atoms with Crippen molar-refractivity contribution >= 4 is 28.8 Å². The Morgan fingerprint density at radius 2 is 1.03 bits per heavy atom. The molecule has 0 radical (unpaired) electrons. The van der Waals surface area contributed by atoms with Gasteiger partial charge in [-0.05, 0) is 70.8 Å². The summed E-state index contributed by atoms with van der Waals surface area (Å²) in [6, 6.07) is 78.1. The lowest BCUT2D eigenvalue weighted by atomic mass is 9.66. The molecule has 3 aromatic heterocycles. The van der Waals surface area contributed by atoms with Crippen LogP contribution >= 0.6 is 11.8 Å². The van der Waals surface area contributed by atoms with Gasteiger partial charge in [0.1, 0.15) is 11.5 Å². The van der Waals surface area contributed by atoms with Crippen molar-refractivity contribution in [3.63, 3.8) is 0 Å². The Morgan fingerprint density at radius 3 is 1.81 bits per heavy atom. The molecule has 8 aromatic carbocycles. The van der Waals surface area contributed by atoms with Gasteiger partial charge < -0.3 is 9.64 Å². The molecule has 1 spiro atoms. The third-order valence-electron chi connectivity index (χ3n) is 13.6. The maximum atomic E-state index is 7.22. The van der Waals surface area contributed by atoms with E-state index in [1.807, 2.05) is 85.1 Å². The van der Waals surface area contributed by atoms with Crippen molar-refractivity contribution in [3.05, 3.63) is 253 Å². The summed E-state index contributed by atoms with van der Waals surface area (Å²) in [4.78, 5) is 30.6. The van der Waals surface area contributed by atoms with Gasteiger partial charge >= 0.3 is 0 Å². The first-order valence-corrected chi connectivity index (χ1v) is 24.1. The van der Waals surface area contributed by atoms with Crippen LogP contribution in [0, 0.1) is 0 Å². The first kappa shape index (κ1) is 40.1. The Hall–Kier alpha value is -8.98. The van der Waals surface area contributed by atoms with Crippen LogP contribution in [0.3, 0.4) is 0 Å². The number of hydrogen-bond acceptors (Lipinski definition) is 8. The SMILES string of the molecule is c1ccc(-c2cccc(N3c4ccccc4Sc4c3ccc3c4Oc4ccccc4C34c3cccnc3-c3nc(-c5ccccc5-c5nc(-c6ccccc6)nc(-c6ccccc6)n5)ccc34)c2)cc1. The predicted octanol–water partition coefficient (Wildman–Crippen LogP) is 15.4. The van der Waals surface area contributed by atoms with Gasteiger partial charge in [-0.3, -0.25) is 4.98 Å². The maximum Gasteiger partial charge on any atom is 0.164 e. The highest BCUT2D eigenvalue weighted by Crippen LogP contribution is 2.65. The quantitative estimate of drug-likeness (QED) is 0.163. The number of rotatable bonds is 6. The monoisotopic (exact) mass is 914 g/mol. The number of para-hydroxylation sites is 2. The van der Waals surface area contributed by atoms with Crippen LogP contribution in [0.4, 0.5) is 17.1 Å². The molecule has 0 saturated carbocycles. The Balaban J connectivity index is 0.954. The zero-order chi connectivity index (χ0) is 46.2. The van der Waals surface area contributed by atoms with Gasteiger partial charge in [0.2, 0.25) is 0 Å². The summed E-state index contributed by atoms with van der Waals surface area (Å²) in [5, 5.41) is 0. The minimum absolute atomic E-state index is 0.567. The highest BCUT2D eigenvalue weighted by Gasteiger charge is 2.53. The number of hydrogen-bond donors (Lipinski definition) is 0. The van der Waals surface area contributed by atoms with Gasteiger partial charge in [0.25, 0.3) is 0 Å². The molecule has 7 nitrogen and oxygen atoms in total. The zero-order valence-corrected chi connectivity index (χ0v) is 38.3. The van der Waals surface area contributed by atoms with Crippen LogP contribution in [-0.2, 0) is 5.41 Å². The van der Waals surface area contributed by atoms with Gasteiger partial charge in [-0.2, -0.15) is 0 Å². The van der Waals surface area contributed by atoms with Crippen molar-refractivity contribution in [3.8, 4) is 79.4 Å². The van der Waals surface area contributed by atoms with E-state index in [2.05, 4.69) is 150 Å². The molecule has 14 rings (SSSR count). The molecule has 1 unspecified atom stereocenters. The summed E-state index contributed by atoms with van der Waals surface area (Å²) in [5.74, 6) is 3.40. The van der Waals surface area contributed by atoms with Gasteiger partial charge in [-0.1, -0.05) is 188 Å².